The molecule has 0 saturated carbocycles. The molecule has 2 aromatic rings. The molecule has 7 heteroatoms. The summed E-state index contributed by atoms with van der Waals surface area (Å²) in [5.41, 5.74) is 7.10. The van der Waals surface area contributed by atoms with Crippen molar-refractivity contribution in [2.45, 2.75) is 25.4 Å². The van der Waals surface area contributed by atoms with Crippen LogP contribution in [-0.2, 0) is 6.54 Å². The maximum absolute atomic E-state index is 5.99. The molecule has 1 fully saturated rings. The van der Waals surface area contributed by atoms with Gasteiger partial charge in [0.2, 0.25) is 0 Å². The molecule has 3 heterocycles. The number of hydrogen-bond acceptors (Lipinski definition) is 5. The lowest BCUT2D eigenvalue weighted by atomic mass is 10.1. The molecule has 0 amide bonds. The Morgan fingerprint density at radius 1 is 1.45 bits per heavy atom. The van der Waals surface area contributed by atoms with Crippen LogP contribution in [0.4, 0.5) is 0 Å². The van der Waals surface area contributed by atoms with Gasteiger partial charge in [-0.05, 0) is 31.5 Å². The Morgan fingerprint density at radius 3 is 3.00 bits per heavy atom. The molecule has 2 aromatic heterocycles. The van der Waals surface area contributed by atoms with Gasteiger partial charge in [-0.2, -0.15) is 0 Å². The zero-order chi connectivity index (χ0) is 12.4. The molecule has 1 aliphatic heterocycles. The summed E-state index contributed by atoms with van der Waals surface area (Å²) in [5, 5.41) is 3.06. The summed E-state index contributed by atoms with van der Waals surface area (Å²) in [6.45, 7) is 3.00. The SMILES string of the molecule is Cl.Cl.NC1CCCN(Cc2csc(-c3ccco3)n2)C1. The van der Waals surface area contributed by atoms with Crippen molar-refractivity contribution in [1.82, 2.24) is 9.88 Å². The summed E-state index contributed by atoms with van der Waals surface area (Å²) >= 11 is 1.63. The number of hydrogen-bond donors (Lipinski definition) is 1. The van der Waals surface area contributed by atoms with Crippen LogP contribution in [0.5, 0.6) is 0 Å². The quantitative estimate of drug-likeness (QED) is 0.935. The van der Waals surface area contributed by atoms with Crippen LogP contribution in [0, 0.1) is 0 Å². The molecule has 1 atom stereocenters. The number of piperidine rings is 1. The molecule has 3 rings (SSSR count). The Labute approximate surface area is 135 Å². The van der Waals surface area contributed by atoms with Crippen molar-refractivity contribution in [2.24, 2.45) is 5.73 Å². The largest absolute Gasteiger partial charge is 0.462 e. The van der Waals surface area contributed by atoms with Gasteiger partial charge in [-0.15, -0.1) is 36.2 Å². The van der Waals surface area contributed by atoms with Crippen molar-refractivity contribution in [3.63, 3.8) is 0 Å². The Kier molecular flexibility index (Phi) is 6.99. The Balaban J connectivity index is 0.000001000. The van der Waals surface area contributed by atoms with Crippen LogP contribution in [0.2, 0.25) is 0 Å². The third-order valence-electron chi connectivity index (χ3n) is 3.21. The first-order valence-corrected chi connectivity index (χ1v) is 7.15. The van der Waals surface area contributed by atoms with E-state index in [-0.39, 0.29) is 24.8 Å². The summed E-state index contributed by atoms with van der Waals surface area (Å²) in [5.74, 6) is 0.849. The highest BCUT2D eigenvalue weighted by atomic mass is 35.5. The van der Waals surface area contributed by atoms with Crippen molar-refractivity contribution in [3.05, 3.63) is 29.5 Å². The monoisotopic (exact) mass is 335 g/mol. The van der Waals surface area contributed by atoms with E-state index >= 15 is 0 Å². The zero-order valence-corrected chi connectivity index (χ0v) is 13.5. The van der Waals surface area contributed by atoms with Gasteiger partial charge in [0.05, 0.1) is 12.0 Å². The highest BCUT2D eigenvalue weighted by Gasteiger charge is 2.18. The Morgan fingerprint density at radius 2 is 2.30 bits per heavy atom. The summed E-state index contributed by atoms with van der Waals surface area (Å²) < 4.78 is 5.35. The zero-order valence-electron chi connectivity index (χ0n) is 11.0. The van der Waals surface area contributed by atoms with Crippen LogP contribution in [-0.4, -0.2) is 29.0 Å². The lowest BCUT2D eigenvalue weighted by Crippen LogP contribution is -2.42. The van der Waals surface area contributed by atoms with Crippen LogP contribution >= 0.6 is 36.2 Å². The normalized spacial score (nSPS) is 19.1. The number of aromatic nitrogens is 1. The van der Waals surface area contributed by atoms with Crippen molar-refractivity contribution < 1.29 is 4.42 Å². The van der Waals surface area contributed by atoms with Gasteiger partial charge in [-0.1, -0.05) is 0 Å². The molecular weight excluding hydrogens is 317 g/mol. The lowest BCUT2D eigenvalue weighted by Gasteiger charge is -2.29. The first-order valence-electron chi connectivity index (χ1n) is 6.27. The van der Waals surface area contributed by atoms with E-state index in [2.05, 4.69) is 15.3 Å². The Hall–Kier alpha value is -0.590. The van der Waals surface area contributed by atoms with Crippen LogP contribution < -0.4 is 5.73 Å². The summed E-state index contributed by atoms with van der Waals surface area (Å²) in [6.07, 6.45) is 4.02. The summed E-state index contributed by atoms with van der Waals surface area (Å²) in [7, 11) is 0. The van der Waals surface area contributed by atoms with Gasteiger partial charge in [-0.25, -0.2) is 4.98 Å². The first-order chi connectivity index (χ1) is 8.81. The highest BCUT2D eigenvalue weighted by molar-refractivity contribution is 7.13. The third-order valence-corrected chi connectivity index (χ3v) is 4.12. The molecule has 4 nitrogen and oxygen atoms in total. The first kappa shape index (κ1) is 17.5. The van der Waals surface area contributed by atoms with E-state index in [1.165, 1.54) is 6.42 Å². The number of furan rings is 1. The number of likely N-dealkylation sites (tertiary alicyclic amines) is 1. The molecule has 0 aromatic carbocycles. The summed E-state index contributed by atoms with van der Waals surface area (Å²) in [6, 6.07) is 4.15. The van der Waals surface area contributed by atoms with Crippen LogP contribution in [0.1, 0.15) is 18.5 Å². The van der Waals surface area contributed by atoms with Crippen molar-refractivity contribution >= 4 is 36.2 Å². The van der Waals surface area contributed by atoms with Crippen molar-refractivity contribution in [1.29, 1.82) is 0 Å². The molecule has 1 saturated heterocycles. The molecule has 0 radical (unpaired) electrons. The lowest BCUT2D eigenvalue weighted by molar-refractivity contribution is 0.200. The van der Waals surface area contributed by atoms with Gasteiger partial charge in [0, 0.05) is 24.5 Å². The van der Waals surface area contributed by atoms with Gasteiger partial charge in [-0.3, -0.25) is 4.90 Å². The highest BCUT2D eigenvalue weighted by Crippen LogP contribution is 2.24. The fourth-order valence-electron chi connectivity index (χ4n) is 2.36. The fraction of sp³-hybridized carbons (Fsp3) is 0.462. The predicted molar refractivity (Wildman–Crippen MR) is 86.8 cm³/mol. The maximum atomic E-state index is 5.99. The van der Waals surface area contributed by atoms with E-state index in [9.17, 15) is 0 Å². The second-order valence-electron chi connectivity index (χ2n) is 4.76. The van der Waals surface area contributed by atoms with Gasteiger partial charge >= 0.3 is 0 Å². The minimum atomic E-state index is 0. The molecule has 2 N–H and O–H groups in total. The van der Waals surface area contributed by atoms with Gasteiger partial charge in [0.25, 0.3) is 0 Å². The molecule has 1 unspecified atom stereocenters. The number of nitrogens with two attached hydrogens (primary N) is 1. The molecule has 20 heavy (non-hydrogen) atoms. The smallest absolute Gasteiger partial charge is 0.162 e. The number of rotatable bonds is 3. The standard InChI is InChI=1S/C13H17N3OS.2ClH/c14-10-3-1-5-16(7-10)8-11-9-18-13(15-11)12-4-2-6-17-12;;/h2,4,6,9-10H,1,3,5,7-8,14H2;2*1H. The van der Waals surface area contributed by atoms with Crippen LogP contribution in [0.3, 0.4) is 0 Å². The molecular formula is C13H19Cl2N3OS. The van der Waals surface area contributed by atoms with Crippen LogP contribution in [0.15, 0.2) is 28.2 Å². The van der Waals surface area contributed by atoms with Gasteiger partial charge in [0.1, 0.15) is 0 Å². The molecule has 0 aliphatic carbocycles. The van der Waals surface area contributed by atoms with E-state index < -0.39 is 0 Å². The van der Waals surface area contributed by atoms with E-state index in [1.807, 2.05) is 12.1 Å². The number of nitrogens with zero attached hydrogens (tertiary/aromatic N) is 2. The maximum Gasteiger partial charge on any atom is 0.162 e. The van der Waals surface area contributed by atoms with Gasteiger partial charge < -0.3 is 10.2 Å². The third kappa shape index (κ3) is 4.20. The van der Waals surface area contributed by atoms with Crippen molar-refractivity contribution in [2.75, 3.05) is 13.1 Å². The second-order valence-corrected chi connectivity index (χ2v) is 5.62. The predicted octanol–water partition coefficient (Wildman–Crippen LogP) is 3.17. The van der Waals surface area contributed by atoms with Crippen molar-refractivity contribution in [3.8, 4) is 10.8 Å². The number of halogens is 2. The van der Waals surface area contributed by atoms with E-state index in [1.54, 1.807) is 17.6 Å². The topological polar surface area (TPSA) is 55.3 Å². The second kappa shape index (κ2) is 8.00. The summed E-state index contributed by atoms with van der Waals surface area (Å²) in [4.78, 5) is 7.00. The molecule has 0 bridgehead atoms. The minimum absolute atomic E-state index is 0. The fourth-order valence-corrected chi connectivity index (χ4v) is 3.13. The van der Waals surface area contributed by atoms with E-state index in [0.717, 1.165) is 42.5 Å². The molecule has 1 aliphatic rings. The van der Waals surface area contributed by atoms with Crippen LogP contribution in [0.25, 0.3) is 10.8 Å². The number of thiazole rings is 1. The van der Waals surface area contributed by atoms with Gasteiger partial charge in [0.15, 0.2) is 10.8 Å². The molecule has 0 spiro atoms. The average Bonchev–Trinajstić information content (AvgIpc) is 2.98. The average molecular weight is 336 g/mol. The van der Waals surface area contributed by atoms with E-state index in [4.69, 9.17) is 10.2 Å². The molecule has 112 valence electrons. The van der Waals surface area contributed by atoms with E-state index in [0.29, 0.717) is 6.04 Å². The minimum Gasteiger partial charge on any atom is -0.462 e. The Bertz CT molecular complexity index is 503.